The van der Waals surface area contributed by atoms with Crippen molar-refractivity contribution in [3.8, 4) is 0 Å². The Morgan fingerprint density at radius 3 is 3.12 bits per heavy atom. The number of imidazole rings is 1. The molecule has 2 N–H and O–H groups in total. The maximum absolute atomic E-state index is 11.7. The Morgan fingerprint density at radius 1 is 1.53 bits per heavy atom. The first kappa shape index (κ1) is 10.8. The van der Waals surface area contributed by atoms with E-state index in [1.165, 1.54) is 6.42 Å². The highest BCUT2D eigenvalue weighted by atomic mass is 16.2. The Hall–Kier alpha value is -1.36. The number of rotatable bonds is 4. The molecule has 1 aromatic rings. The van der Waals surface area contributed by atoms with E-state index in [0.29, 0.717) is 18.6 Å². The highest BCUT2D eigenvalue weighted by Crippen LogP contribution is 2.23. The maximum atomic E-state index is 11.7. The van der Waals surface area contributed by atoms with Crippen LogP contribution in [0.4, 0.5) is 0 Å². The topological polar surface area (TPSA) is 59.0 Å². The lowest BCUT2D eigenvalue weighted by molar-refractivity contribution is -0.121. The first-order valence-corrected chi connectivity index (χ1v) is 6.36. The SMILES string of the molecule is O=C(Cn1cncc1[C@@H]1CCCN1)NC1CC1. The number of aromatic nitrogens is 2. The molecule has 0 spiro atoms. The summed E-state index contributed by atoms with van der Waals surface area (Å²) in [6.07, 6.45) is 8.22. The molecule has 1 aromatic heterocycles. The van der Waals surface area contributed by atoms with Crippen LogP contribution in [0.15, 0.2) is 12.5 Å². The molecule has 0 aromatic carbocycles. The molecule has 1 atom stereocenters. The molecular weight excluding hydrogens is 216 g/mol. The van der Waals surface area contributed by atoms with Gasteiger partial charge in [0.1, 0.15) is 6.54 Å². The van der Waals surface area contributed by atoms with Crippen LogP contribution in [0.5, 0.6) is 0 Å². The van der Waals surface area contributed by atoms with Crippen LogP contribution in [-0.4, -0.2) is 28.0 Å². The standard InChI is InChI=1S/C12H18N4O/c17-12(15-9-3-4-9)7-16-8-13-6-11(16)10-2-1-5-14-10/h6,8-10,14H,1-5,7H2,(H,15,17)/t10-/m0/s1. The van der Waals surface area contributed by atoms with Crippen LogP contribution in [0.1, 0.15) is 37.4 Å². The number of carbonyl (C=O) groups is 1. The van der Waals surface area contributed by atoms with Crippen molar-refractivity contribution in [3.63, 3.8) is 0 Å². The van der Waals surface area contributed by atoms with Crippen LogP contribution < -0.4 is 10.6 Å². The number of amides is 1. The molecule has 0 radical (unpaired) electrons. The second-order valence-corrected chi connectivity index (χ2v) is 4.94. The van der Waals surface area contributed by atoms with E-state index in [4.69, 9.17) is 0 Å². The Balaban J connectivity index is 1.65. The third-order valence-electron chi connectivity index (χ3n) is 3.42. The van der Waals surface area contributed by atoms with Crippen LogP contribution in [-0.2, 0) is 11.3 Å². The van der Waals surface area contributed by atoms with Crippen molar-refractivity contribution in [2.45, 2.75) is 44.3 Å². The quantitative estimate of drug-likeness (QED) is 0.801. The summed E-state index contributed by atoms with van der Waals surface area (Å²) in [6, 6.07) is 0.797. The van der Waals surface area contributed by atoms with Gasteiger partial charge >= 0.3 is 0 Å². The van der Waals surface area contributed by atoms with Crippen molar-refractivity contribution in [1.29, 1.82) is 0 Å². The average molecular weight is 234 g/mol. The van der Waals surface area contributed by atoms with Gasteiger partial charge in [0.05, 0.1) is 12.0 Å². The monoisotopic (exact) mass is 234 g/mol. The van der Waals surface area contributed by atoms with E-state index >= 15 is 0 Å². The molecule has 1 saturated heterocycles. The zero-order chi connectivity index (χ0) is 11.7. The van der Waals surface area contributed by atoms with E-state index in [-0.39, 0.29) is 5.91 Å². The van der Waals surface area contributed by atoms with Gasteiger partial charge in [-0.3, -0.25) is 4.79 Å². The lowest BCUT2D eigenvalue weighted by atomic mass is 10.2. The smallest absolute Gasteiger partial charge is 0.240 e. The van der Waals surface area contributed by atoms with Crippen molar-refractivity contribution in [2.24, 2.45) is 0 Å². The summed E-state index contributed by atoms with van der Waals surface area (Å²) in [5.41, 5.74) is 1.13. The summed E-state index contributed by atoms with van der Waals surface area (Å²) in [7, 11) is 0. The van der Waals surface area contributed by atoms with Gasteiger partial charge in [0.15, 0.2) is 0 Å². The summed E-state index contributed by atoms with van der Waals surface area (Å²) in [5.74, 6) is 0.102. The lowest BCUT2D eigenvalue weighted by Gasteiger charge is -2.13. The summed E-state index contributed by atoms with van der Waals surface area (Å²) < 4.78 is 1.96. The van der Waals surface area contributed by atoms with Crippen molar-refractivity contribution in [2.75, 3.05) is 6.54 Å². The summed E-state index contributed by atoms with van der Waals surface area (Å²) in [5, 5.41) is 6.44. The fraction of sp³-hybridized carbons (Fsp3) is 0.667. The highest BCUT2D eigenvalue weighted by Gasteiger charge is 2.24. The molecule has 1 aliphatic carbocycles. The van der Waals surface area contributed by atoms with E-state index in [9.17, 15) is 4.79 Å². The first-order valence-electron chi connectivity index (χ1n) is 6.36. The maximum Gasteiger partial charge on any atom is 0.240 e. The van der Waals surface area contributed by atoms with Crippen molar-refractivity contribution in [3.05, 3.63) is 18.2 Å². The zero-order valence-electron chi connectivity index (χ0n) is 9.85. The van der Waals surface area contributed by atoms with Crippen LogP contribution in [0.2, 0.25) is 0 Å². The predicted octanol–water partition coefficient (Wildman–Crippen LogP) is 0.586. The van der Waals surface area contributed by atoms with Gasteiger partial charge < -0.3 is 15.2 Å². The van der Waals surface area contributed by atoms with Crippen LogP contribution >= 0.6 is 0 Å². The Labute approximate surface area is 101 Å². The van der Waals surface area contributed by atoms with Gasteiger partial charge in [-0.1, -0.05) is 0 Å². The number of nitrogens with zero attached hydrogens (tertiary/aromatic N) is 2. The fourth-order valence-electron chi connectivity index (χ4n) is 2.35. The molecule has 2 heterocycles. The van der Waals surface area contributed by atoms with E-state index in [1.807, 2.05) is 10.8 Å². The molecule has 92 valence electrons. The molecular formula is C12H18N4O. The summed E-state index contributed by atoms with van der Waals surface area (Å²) >= 11 is 0. The Kier molecular flexibility index (Phi) is 2.84. The second kappa shape index (κ2) is 4.49. The van der Waals surface area contributed by atoms with E-state index in [2.05, 4.69) is 15.6 Å². The average Bonchev–Trinajstić information content (AvgIpc) is 2.83. The van der Waals surface area contributed by atoms with E-state index in [0.717, 1.165) is 31.5 Å². The number of nitrogens with one attached hydrogen (secondary N) is 2. The van der Waals surface area contributed by atoms with Gasteiger partial charge in [-0.2, -0.15) is 0 Å². The lowest BCUT2D eigenvalue weighted by Crippen LogP contribution is -2.30. The second-order valence-electron chi connectivity index (χ2n) is 4.94. The molecule has 5 nitrogen and oxygen atoms in total. The molecule has 1 saturated carbocycles. The molecule has 5 heteroatoms. The van der Waals surface area contributed by atoms with Gasteiger partial charge in [-0.25, -0.2) is 4.98 Å². The normalized spacial score (nSPS) is 23.9. The van der Waals surface area contributed by atoms with Crippen LogP contribution in [0, 0.1) is 0 Å². The van der Waals surface area contributed by atoms with Crippen molar-refractivity contribution >= 4 is 5.91 Å². The fourth-order valence-corrected chi connectivity index (χ4v) is 2.35. The number of hydrogen-bond acceptors (Lipinski definition) is 3. The van der Waals surface area contributed by atoms with Crippen molar-refractivity contribution < 1.29 is 4.79 Å². The van der Waals surface area contributed by atoms with Crippen molar-refractivity contribution in [1.82, 2.24) is 20.2 Å². The minimum Gasteiger partial charge on any atom is -0.352 e. The van der Waals surface area contributed by atoms with Crippen LogP contribution in [0.25, 0.3) is 0 Å². The van der Waals surface area contributed by atoms with E-state index < -0.39 is 0 Å². The Morgan fingerprint density at radius 2 is 2.41 bits per heavy atom. The molecule has 1 aliphatic heterocycles. The number of hydrogen-bond donors (Lipinski definition) is 2. The molecule has 0 bridgehead atoms. The van der Waals surface area contributed by atoms with Crippen LogP contribution in [0.3, 0.4) is 0 Å². The predicted molar refractivity (Wildman–Crippen MR) is 63.4 cm³/mol. The molecule has 17 heavy (non-hydrogen) atoms. The molecule has 0 unspecified atom stereocenters. The molecule has 2 fully saturated rings. The molecule has 3 rings (SSSR count). The first-order chi connectivity index (χ1) is 8.33. The van der Waals surface area contributed by atoms with Gasteiger partial charge in [0, 0.05) is 18.3 Å². The molecule has 2 aliphatic rings. The third kappa shape index (κ3) is 2.49. The van der Waals surface area contributed by atoms with E-state index in [1.54, 1.807) is 6.33 Å². The highest BCUT2D eigenvalue weighted by molar-refractivity contribution is 5.76. The van der Waals surface area contributed by atoms with Gasteiger partial charge in [-0.15, -0.1) is 0 Å². The zero-order valence-corrected chi connectivity index (χ0v) is 9.85. The van der Waals surface area contributed by atoms with Gasteiger partial charge in [0.2, 0.25) is 5.91 Å². The van der Waals surface area contributed by atoms with Gasteiger partial charge in [-0.05, 0) is 32.2 Å². The largest absolute Gasteiger partial charge is 0.352 e. The minimum atomic E-state index is 0.102. The minimum absolute atomic E-state index is 0.102. The third-order valence-corrected chi connectivity index (χ3v) is 3.42. The summed E-state index contributed by atoms with van der Waals surface area (Å²) in [4.78, 5) is 15.9. The summed E-state index contributed by atoms with van der Waals surface area (Å²) in [6.45, 7) is 1.45. The van der Waals surface area contributed by atoms with Gasteiger partial charge in [0.25, 0.3) is 0 Å². The number of carbonyl (C=O) groups excluding carboxylic acids is 1. The molecule has 1 amide bonds. The Bertz CT molecular complexity index is 404.